The maximum Gasteiger partial charge on any atom is 0.238 e. The van der Waals surface area contributed by atoms with E-state index < -0.39 is 6.10 Å². The normalized spacial score (nSPS) is 12.2. The average Bonchev–Trinajstić information content (AvgIpc) is 2.41. The Morgan fingerprint density at radius 2 is 2.05 bits per heavy atom. The van der Waals surface area contributed by atoms with Crippen molar-refractivity contribution in [2.45, 2.75) is 13.0 Å². The van der Waals surface area contributed by atoms with Crippen LogP contribution in [-0.4, -0.2) is 62.5 Å². The zero-order valence-electron chi connectivity index (χ0n) is 12.8. The van der Waals surface area contributed by atoms with Crippen molar-refractivity contribution >= 4 is 11.6 Å². The molecule has 0 heterocycles. The van der Waals surface area contributed by atoms with Gasteiger partial charge in [-0.2, -0.15) is 0 Å². The summed E-state index contributed by atoms with van der Waals surface area (Å²) >= 11 is 0. The summed E-state index contributed by atoms with van der Waals surface area (Å²) in [6.07, 6.45) is -0.599. The second-order valence-corrected chi connectivity index (χ2v) is 4.81. The molecule has 0 saturated heterocycles. The van der Waals surface area contributed by atoms with Crippen LogP contribution in [0.25, 0.3) is 0 Å². The van der Waals surface area contributed by atoms with E-state index >= 15 is 0 Å². The number of benzene rings is 1. The van der Waals surface area contributed by atoms with Gasteiger partial charge in [0.25, 0.3) is 0 Å². The van der Waals surface area contributed by atoms with Crippen LogP contribution >= 0.6 is 0 Å². The van der Waals surface area contributed by atoms with Crippen molar-refractivity contribution in [2.24, 2.45) is 0 Å². The number of amides is 1. The quantitative estimate of drug-likeness (QED) is 0.710. The highest BCUT2D eigenvalue weighted by molar-refractivity contribution is 5.92. The zero-order valence-corrected chi connectivity index (χ0v) is 12.8. The van der Waals surface area contributed by atoms with E-state index in [9.17, 15) is 9.90 Å². The maximum absolute atomic E-state index is 11.9. The summed E-state index contributed by atoms with van der Waals surface area (Å²) in [6.45, 7) is 3.37. The SMILES string of the molecule is CCOc1ccc(NC(=O)CN(C)CC(O)COC)cc1. The molecular weight excluding hydrogens is 272 g/mol. The molecule has 21 heavy (non-hydrogen) atoms. The van der Waals surface area contributed by atoms with Crippen LogP contribution in [0.5, 0.6) is 5.75 Å². The summed E-state index contributed by atoms with van der Waals surface area (Å²) in [5, 5.41) is 12.4. The van der Waals surface area contributed by atoms with E-state index in [2.05, 4.69) is 5.32 Å². The fourth-order valence-electron chi connectivity index (χ4n) is 1.92. The smallest absolute Gasteiger partial charge is 0.238 e. The molecule has 0 radical (unpaired) electrons. The molecule has 6 heteroatoms. The summed E-state index contributed by atoms with van der Waals surface area (Å²) < 4.78 is 10.2. The Balaban J connectivity index is 2.38. The highest BCUT2D eigenvalue weighted by atomic mass is 16.5. The zero-order chi connectivity index (χ0) is 15.7. The van der Waals surface area contributed by atoms with Crippen molar-refractivity contribution in [3.05, 3.63) is 24.3 Å². The van der Waals surface area contributed by atoms with Crippen molar-refractivity contribution < 1.29 is 19.4 Å². The first-order valence-electron chi connectivity index (χ1n) is 6.93. The van der Waals surface area contributed by atoms with Crippen LogP contribution in [0.4, 0.5) is 5.69 Å². The number of anilines is 1. The minimum atomic E-state index is -0.599. The van der Waals surface area contributed by atoms with Crippen LogP contribution in [0.15, 0.2) is 24.3 Å². The van der Waals surface area contributed by atoms with E-state index in [1.807, 2.05) is 19.1 Å². The third-order valence-electron chi connectivity index (χ3n) is 2.74. The summed E-state index contributed by atoms with van der Waals surface area (Å²) in [5.74, 6) is 0.640. The van der Waals surface area contributed by atoms with Crippen LogP contribution < -0.4 is 10.1 Å². The molecule has 0 aliphatic heterocycles. The molecule has 0 bridgehead atoms. The second kappa shape index (κ2) is 9.33. The molecule has 2 N–H and O–H groups in total. The minimum absolute atomic E-state index is 0.133. The molecule has 1 amide bonds. The minimum Gasteiger partial charge on any atom is -0.494 e. The van der Waals surface area contributed by atoms with E-state index in [4.69, 9.17) is 9.47 Å². The topological polar surface area (TPSA) is 71.0 Å². The Morgan fingerprint density at radius 1 is 1.38 bits per heavy atom. The molecule has 0 spiro atoms. The van der Waals surface area contributed by atoms with Crippen LogP contribution in [-0.2, 0) is 9.53 Å². The maximum atomic E-state index is 11.9. The Morgan fingerprint density at radius 3 is 2.62 bits per heavy atom. The third kappa shape index (κ3) is 7.08. The number of carbonyl (C=O) groups excluding carboxylic acids is 1. The predicted molar refractivity (Wildman–Crippen MR) is 81.6 cm³/mol. The van der Waals surface area contributed by atoms with Crippen LogP contribution in [0.3, 0.4) is 0 Å². The standard InChI is InChI=1S/C15H24N2O4/c1-4-21-14-7-5-12(6-8-14)16-15(19)10-17(2)9-13(18)11-20-3/h5-8,13,18H,4,9-11H2,1-3H3,(H,16,19). The highest BCUT2D eigenvalue weighted by Gasteiger charge is 2.11. The van der Waals surface area contributed by atoms with Gasteiger partial charge in [0, 0.05) is 19.3 Å². The number of aliphatic hydroxyl groups excluding tert-OH is 1. The number of rotatable bonds is 9. The third-order valence-corrected chi connectivity index (χ3v) is 2.74. The summed E-state index contributed by atoms with van der Waals surface area (Å²) in [5.41, 5.74) is 0.717. The molecule has 0 aliphatic carbocycles. The number of ether oxygens (including phenoxy) is 2. The van der Waals surface area contributed by atoms with Gasteiger partial charge in [-0.1, -0.05) is 0 Å². The fourth-order valence-corrected chi connectivity index (χ4v) is 1.92. The Bertz CT molecular complexity index is 422. The molecule has 1 aromatic rings. The molecule has 6 nitrogen and oxygen atoms in total. The lowest BCUT2D eigenvalue weighted by atomic mass is 10.3. The molecule has 0 aromatic heterocycles. The van der Waals surface area contributed by atoms with E-state index in [1.54, 1.807) is 24.1 Å². The van der Waals surface area contributed by atoms with Gasteiger partial charge in [0.05, 0.1) is 25.9 Å². The number of nitrogens with one attached hydrogen (secondary N) is 1. The van der Waals surface area contributed by atoms with Crippen molar-refractivity contribution in [1.29, 1.82) is 0 Å². The van der Waals surface area contributed by atoms with Gasteiger partial charge in [-0.05, 0) is 38.2 Å². The van der Waals surface area contributed by atoms with Gasteiger partial charge in [-0.25, -0.2) is 0 Å². The van der Waals surface area contributed by atoms with Crippen LogP contribution in [0, 0.1) is 0 Å². The lowest BCUT2D eigenvalue weighted by molar-refractivity contribution is -0.117. The van der Waals surface area contributed by atoms with E-state index in [0.29, 0.717) is 18.8 Å². The van der Waals surface area contributed by atoms with Crippen molar-refractivity contribution in [1.82, 2.24) is 4.90 Å². The van der Waals surface area contributed by atoms with E-state index in [-0.39, 0.29) is 19.1 Å². The number of likely N-dealkylation sites (N-methyl/N-ethyl adjacent to an activating group) is 1. The van der Waals surface area contributed by atoms with Gasteiger partial charge in [-0.15, -0.1) is 0 Å². The lowest BCUT2D eigenvalue weighted by Crippen LogP contribution is -2.37. The largest absolute Gasteiger partial charge is 0.494 e. The van der Waals surface area contributed by atoms with Crippen molar-refractivity contribution in [3.8, 4) is 5.75 Å². The van der Waals surface area contributed by atoms with Gasteiger partial charge >= 0.3 is 0 Å². The summed E-state index contributed by atoms with van der Waals surface area (Å²) in [6, 6.07) is 7.21. The lowest BCUT2D eigenvalue weighted by Gasteiger charge is -2.19. The molecular formula is C15H24N2O4. The molecule has 1 rings (SSSR count). The number of aliphatic hydroxyl groups is 1. The van der Waals surface area contributed by atoms with Gasteiger partial charge in [-0.3, -0.25) is 9.69 Å². The van der Waals surface area contributed by atoms with Gasteiger partial charge < -0.3 is 19.9 Å². The number of methoxy groups -OCH3 is 1. The Kier molecular flexibility index (Phi) is 7.74. The van der Waals surface area contributed by atoms with Crippen LogP contribution in [0.2, 0.25) is 0 Å². The molecule has 1 atom stereocenters. The first kappa shape index (κ1) is 17.4. The van der Waals surface area contributed by atoms with E-state index in [1.165, 1.54) is 7.11 Å². The van der Waals surface area contributed by atoms with Crippen molar-refractivity contribution in [2.75, 3.05) is 45.8 Å². The highest BCUT2D eigenvalue weighted by Crippen LogP contribution is 2.15. The molecule has 0 aliphatic rings. The van der Waals surface area contributed by atoms with Crippen LogP contribution in [0.1, 0.15) is 6.92 Å². The summed E-state index contributed by atoms with van der Waals surface area (Å²) in [7, 11) is 3.30. The first-order valence-corrected chi connectivity index (χ1v) is 6.93. The molecule has 0 saturated carbocycles. The fraction of sp³-hybridized carbons (Fsp3) is 0.533. The Hall–Kier alpha value is -1.63. The number of hydrogen-bond donors (Lipinski definition) is 2. The molecule has 118 valence electrons. The second-order valence-electron chi connectivity index (χ2n) is 4.81. The molecule has 0 fully saturated rings. The first-order chi connectivity index (χ1) is 10.0. The van der Waals surface area contributed by atoms with E-state index in [0.717, 1.165) is 5.75 Å². The Labute approximate surface area is 125 Å². The number of carbonyl (C=O) groups is 1. The van der Waals surface area contributed by atoms with Crippen molar-refractivity contribution in [3.63, 3.8) is 0 Å². The van der Waals surface area contributed by atoms with Gasteiger partial charge in [0.2, 0.25) is 5.91 Å². The van der Waals surface area contributed by atoms with Gasteiger partial charge in [0.1, 0.15) is 5.75 Å². The average molecular weight is 296 g/mol. The molecule has 1 aromatic carbocycles. The number of nitrogens with zero attached hydrogens (tertiary/aromatic N) is 1. The number of hydrogen-bond acceptors (Lipinski definition) is 5. The predicted octanol–water partition coefficient (Wildman–Crippen LogP) is 0.963. The van der Waals surface area contributed by atoms with Gasteiger partial charge in [0.15, 0.2) is 0 Å². The monoisotopic (exact) mass is 296 g/mol. The summed E-state index contributed by atoms with van der Waals surface area (Å²) in [4.78, 5) is 13.6. The molecule has 1 unspecified atom stereocenters.